The van der Waals surface area contributed by atoms with E-state index in [9.17, 15) is 19.8 Å². The largest absolute Gasteiger partial charge is 0.508 e. The van der Waals surface area contributed by atoms with Crippen LogP contribution in [0.3, 0.4) is 0 Å². The highest BCUT2D eigenvalue weighted by atomic mass is 16.5. The first-order valence-corrected chi connectivity index (χ1v) is 10.7. The van der Waals surface area contributed by atoms with E-state index in [4.69, 9.17) is 4.74 Å². The molecule has 29 heavy (non-hydrogen) atoms. The third-order valence-electron chi connectivity index (χ3n) is 6.78. The highest BCUT2D eigenvalue weighted by molar-refractivity contribution is 5.94. The van der Waals surface area contributed by atoms with Gasteiger partial charge in [-0.3, -0.25) is 9.59 Å². The SMILES string of the molecule is O=C(N[C@@H]1CC[C@H](C(=O)N2CCC3(CCCO3)CC2)C[C@H]1O)c1ccc(O)cc1. The van der Waals surface area contributed by atoms with Crippen LogP contribution in [-0.2, 0) is 9.53 Å². The van der Waals surface area contributed by atoms with Gasteiger partial charge in [0.05, 0.1) is 17.7 Å². The molecule has 0 bridgehead atoms. The fraction of sp³-hybridized carbons (Fsp3) is 0.636. The number of nitrogens with zero attached hydrogens (tertiary/aromatic N) is 1. The first kappa shape index (κ1) is 20.2. The van der Waals surface area contributed by atoms with Crippen molar-refractivity contribution in [3.8, 4) is 5.75 Å². The zero-order chi connectivity index (χ0) is 20.4. The normalized spacial score (nSPS) is 29.0. The first-order valence-electron chi connectivity index (χ1n) is 10.7. The van der Waals surface area contributed by atoms with Crippen molar-refractivity contribution in [2.24, 2.45) is 5.92 Å². The number of phenolic OH excluding ortho intramolecular Hbond substituents is 1. The second-order valence-corrected chi connectivity index (χ2v) is 8.66. The molecule has 2 heterocycles. The number of hydrogen-bond donors (Lipinski definition) is 3. The summed E-state index contributed by atoms with van der Waals surface area (Å²) in [6.45, 7) is 2.29. The smallest absolute Gasteiger partial charge is 0.251 e. The van der Waals surface area contributed by atoms with E-state index in [2.05, 4.69) is 5.32 Å². The fourth-order valence-electron chi connectivity index (χ4n) is 4.95. The minimum absolute atomic E-state index is 0.00748. The van der Waals surface area contributed by atoms with Crippen LogP contribution in [0.2, 0.25) is 0 Å². The van der Waals surface area contributed by atoms with Crippen LogP contribution in [-0.4, -0.2) is 64.4 Å². The van der Waals surface area contributed by atoms with Crippen LogP contribution in [0, 0.1) is 5.92 Å². The van der Waals surface area contributed by atoms with Gasteiger partial charge < -0.3 is 25.2 Å². The molecule has 1 saturated carbocycles. The Morgan fingerprint density at radius 1 is 1.10 bits per heavy atom. The number of carbonyl (C=O) groups is 2. The van der Waals surface area contributed by atoms with Crippen molar-refractivity contribution in [1.29, 1.82) is 0 Å². The van der Waals surface area contributed by atoms with Gasteiger partial charge in [0.2, 0.25) is 5.91 Å². The number of rotatable bonds is 3. The molecule has 2 aliphatic heterocycles. The lowest BCUT2D eigenvalue weighted by atomic mass is 9.82. The van der Waals surface area contributed by atoms with E-state index in [0.717, 1.165) is 45.4 Å². The Bertz CT molecular complexity index is 734. The van der Waals surface area contributed by atoms with Gasteiger partial charge in [0.1, 0.15) is 5.75 Å². The molecule has 1 aliphatic carbocycles. The molecule has 2 amide bonds. The summed E-state index contributed by atoms with van der Waals surface area (Å²) in [7, 11) is 0. The van der Waals surface area contributed by atoms with E-state index in [-0.39, 0.29) is 35.1 Å². The molecule has 7 heteroatoms. The summed E-state index contributed by atoms with van der Waals surface area (Å²) >= 11 is 0. The summed E-state index contributed by atoms with van der Waals surface area (Å²) in [6, 6.07) is 5.64. The van der Waals surface area contributed by atoms with Crippen LogP contribution in [0.5, 0.6) is 5.75 Å². The van der Waals surface area contributed by atoms with Crippen molar-refractivity contribution in [2.75, 3.05) is 19.7 Å². The van der Waals surface area contributed by atoms with E-state index in [0.29, 0.717) is 24.8 Å². The number of aliphatic hydroxyl groups excluding tert-OH is 1. The highest BCUT2D eigenvalue weighted by Gasteiger charge is 2.41. The molecule has 3 N–H and O–H groups in total. The number of likely N-dealkylation sites (tertiary alicyclic amines) is 1. The number of nitrogens with one attached hydrogen (secondary N) is 1. The van der Waals surface area contributed by atoms with Crippen LogP contribution in [0.15, 0.2) is 24.3 Å². The number of amides is 2. The summed E-state index contributed by atoms with van der Waals surface area (Å²) in [5.41, 5.74) is 0.427. The molecule has 1 aromatic carbocycles. The zero-order valence-corrected chi connectivity index (χ0v) is 16.7. The van der Waals surface area contributed by atoms with Gasteiger partial charge in [-0.1, -0.05) is 0 Å². The Balaban J connectivity index is 1.28. The molecule has 7 nitrogen and oxygen atoms in total. The molecule has 1 spiro atoms. The average Bonchev–Trinajstić information content (AvgIpc) is 3.18. The van der Waals surface area contributed by atoms with Gasteiger partial charge in [-0.15, -0.1) is 0 Å². The Morgan fingerprint density at radius 2 is 1.83 bits per heavy atom. The van der Waals surface area contributed by atoms with Gasteiger partial charge in [-0.2, -0.15) is 0 Å². The van der Waals surface area contributed by atoms with Crippen LogP contribution in [0.4, 0.5) is 0 Å². The fourth-order valence-corrected chi connectivity index (χ4v) is 4.95. The zero-order valence-electron chi connectivity index (χ0n) is 16.7. The Hall–Kier alpha value is -2.12. The van der Waals surface area contributed by atoms with Crippen molar-refractivity contribution >= 4 is 11.8 Å². The topological polar surface area (TPSA) is 99.1 Å². The number of ether oxygens (including phenoxy) is 1. The Kier molecular flexibility index (Phi) is 5.79. The van der Waals surface area contributed by atoms with Crippen molar-refractivity contribution in [2.45, 2.75) is 62.7 Å². The lowest BCUT2D eigenvalue weighted by molar-refractivity contribution is -0.143. The van der Waals surface area contributed by atoms with Crippen LogP contribution < -0.4 is 5.32 Å². The summed E-state index contributed by atoms with van der Waals surface area (Å²) in [4.78, 5) is 27.2. The third-order valence-corrected chi connectivity index (χ3v) is 6.78. The van der Waals surface area contributed by atoms with E-state index in [1.54, 1.807) is 12.1 Å². The Morgan fingerprint density at radius 3 is 2.45 bits per heavy atom. The molecular formula is C22H30N2O5. The number of aliphatic hydroxyl groups is 1. The number of hydrogen-bond acceptors (Lipinski definition) is 5. The monoisotopic (exact) mass is 402 g/mol. The third kappa shape index (κ3) is 4.41. The van der Waals surface area contributed by atoms with Gasteiger partial charge in [0.25, 0.3) is 5.91 Å². The molecule has 0 radical (unpaired) electrons. The molecule has 0 aromatic heterocycles. The summed E-state index contributed by atoms with van der Waals surface area (Å²) < 4.78 is 5.93. The maximum atomic E-state index is 12.9. The highest BCUT2D eigenvalue weighted by Crippen LogP contribution is 2.36. The van der Waals surface area contributed by atoms with E-state index < -0.39 is 6.10 Å². The lowest BCUT2D eigenvalue weighted by Crippen LogP contribution is -2.52. The second kappa shape index (κ2) is 8.32. The second-order valence-electron chi connectivity index (χ2n) is 8.66. The Labute approximate surface area is 171 Å². The van der Waals surface area contributed by atoms with Crippen molar-refractivity contribution in [3.63, 3.8) is 0 Å². The molecule has 0 unspecified atom stereocenters. The maximum Gasteiger partial charge on any atom is 0.251 e. The number of aromatic hydroxyl groups is 1. The summed E-state index contributed by atoms with van der Waals surface area (Å²) in [6.07, 6.45) is 4.88. The van der Waals surface area contributed by atoms with Crippen LogP contribution in [0.1, 0.15) is 55.3 Å². The molecule has 3 atom stereocenters. The van der Waals surface area contributed by atoms with Crippen LogP contribution in [0.25, 0.3) is 0 Å². The van der Waals surface area contributed by atoms with Crippen molar-refractivity contribution in [1.82, 2.24) is 10.2 Å². The first-order chi connectivity index (χ1) is 14.0. The van der Waals surface area contributed by atoms with Gasteiger partial charge >= 0.3 is 0 Å². The lowest BCUT2D eigenvalue weighted by Gasteiger charge is -2.41. The molecule has 3 fully saturated rings. The molecule has 4 rings (SSSR count). The van der Waals surface area contributed by atoms with Crippen molar-refractivity contribution in [3.05, 3.63) is 29.8 Å². The molecular weight excluding hydrogens is 372 g/mol. The predicted molar refractivity (Wildman–Crippen MR) is 106 cm³/mol. The van der Waals surface area contributed by atoms with Crippen LogP contribution >= 0.6 is 0 Å². The number of carbonyl (C=O) groups excluding carboxylic acids is 2. The maximum absolute atomic E-state index is 12.9. The molecule has 2 saturated heterocycles. The standard InChI is InChI=1S/C22H30N2O5/c25-17-5-2-15(3-6-17)20(27)23-18-7-4-16(14-19(18)26)21(28)24-11-9-22(10-12-24)8-1-13-29-22/h2-3,5-6,16,18-19,25-26H,1,4,7-14H2,(H,23,27)/t16-,18+,19+/m0/s1. The van der Waals surface area contributed by atoms with Gasteiger partial charge in [-0.25, -0.2) is 0 Å². The average molecular weight is 402 g/mol. The van der Waals surface area contributed by atoms with Gasteiger partial charge in [0.15, 0.2) is 0 Å². The van der Waals surface area contributed by atoms with Crippen molar-refractivity contribution < 1.29 is 24.5 Å². The molecule has 158 valence electrons. The summed E-state index contributed by atoms with van der Waals surface area (Å²) in [5, 5.41) is 22.7. The van der Waals surface area contributed by atoms with Gasteiger partial charge in [-0.05, 0) is 69.2 Å². The quantitative estimate of drug-likeness (QED) is 0.716. The van der Waals surface area contributed by atoms with E-state index in [1.807, 2.05) is 4.90 Å². The van der Waals surface area contributed by atoms with E-state index in [1.165, 1.54) is 12.1 Å². The minimum atomic E-state index is -0.743. The molecule has 3 aliphatic rings. The predicted octanol–water partition coefficient (Wildman–Crippen LogP) is 1.82. The van der Waals surface area contributed by atoms with Gasteiger partial charge in [0, 0.05) is 31.2 Å². The van der Waals surface area contributed by atoms with E-state index >= 15 is 0 Å². The molecule has 1 aromatic rings. The number of phenols is 1. The summed E-state index contributed by atoms with van der Waals surface area (Å²) in [5.74, 6) is -0.244. The minimum Gasteiger partial charge on any atom is -0.508 e. The number of piperidine rings is 1. The number of benzene rings is 1.